The first-order valence-corrected chi connectivity index (χ1v) is 12.9. The number of allylic oxidation sites excluding steroid dienone is 3. The molecule has 0 aromatic heterocycles. The number of carbonyl (C=O) groups is 2. The van der Waals surface area contributed by atoms with Crippen LogP contribution < -0.4 is 4.90 Å². The van der Waals surface area contributed by atoms with Crippen LogP contribution >= 0.6 is 0 Å². The van der Waals surface area contributed by atoms with E-state index in [1.807, 2.05) is 97.1 Å². The van der Waals surface area contributed by atoms with Crippen LogP contribution in [0.15, 0.2) is 151 Å². The van der Waals surface area contributed by atoms with Gasteiger partial charge in [-0.3, -0.25) is 9.59 Å². The third-order valence-corrected chi connectivity index (χ3v) is 6.84. The molecule has 0 amide bonds. The summed E-state index contributed by atoms with van der Waals surface area (Å²) in [5, 5.41) is 0. The number of nitrogens with zero attached hydrogens (tertiary/aromatic N) is 1. The van der Waals surface area contributed by atoms with Crippen LogP contribution in [0.25, 0.3) is 17.2 Å². The maximum absolute atomic E-state index is 13.1. The Kier molecular flexibility index (Phi) is 6.55. The van der Waals surface area contributed by atoms with Crippen LogP contribution in [0.5, 0.6) is 0 Å². The first kappa shape index (κ1) is 24.1. The molecule has 0 atom stereocenters. The highest BCUT2D eigenvalue weighted by Gasteiger charge is 2.32. The highest BCUT2D eigenvalue weighted by molar-refractivity contribution is 6.39. The first-order valence-electron chi connectivity index (χ1n) is 12.9. The lowest BCUT2D eigenvalue weighted by molar-refractivity contribution is 0.0989. The monoisotopic (exact) mass is 503 g/mol. The van der Waals surface area contributed by atoms with Gasteiger partial charge >= 0.3 is 0 Å². The van der Waals surface area contributed by atoms with Gasteiger partial charge in [-0.1, -0.05) is 97.1 Å². The zero-order chi connectivity index (χ0) is 26.6. The minimum absolute atomic E-state index is 0.197. The smallest absolute Gasteiger partial charge is 0.197 e. The summed E-state index contributed by atoms with van der Waals surface area (Å²) >= 11 is 0. The summed E-state index contributed by atoms with van der Waals surface area (Å²) in [7, 11) is 0. The van der Waals surface area contributed by atoms with Gasteiger partial charge in [-0.25, -0.2) is 0 Å². The molecule has 6 rings (SSSR count). The summed E-state index contributed by atoms with van der Waals surface area (Å²) in [4.78, 5) is 28.3. The molecule has 0 bridgehead atoms. The van der Waals surface area contributed by atoms with Crippen molar-refractivity contribution in [3.8, 4) is 11.1 Å². The van der Waals surface area contributed by atoms with Gasteiger partial charge in [-0.2, -0.15) is 0 Å². The standard InChI is InChI=1S/C36H25NO2/c38-35-32-24-21-28(27-12-4-1-5-13-27)25-34(32)36(39)33(35)18-10-11-26-19-22-31(23-20-26)37(29-14-6-2-7-15-29)30-16-8-3-9-17-30/h1-25H/b11-10+,33-18-. The molecule has 39 heavy (non-hydrogen) atoms. The maximum atomic E-state index is 13.1. The number of hydrogen-bond acceptors (Lipinski definition) is 3. The van der Waals surface area contributed by atoms with Crippen molar-refractivity contribution in [3.63, 3.8) is 0 Å². The molecule has 0 saturated heterocycles. The predicted molar refractivity (Wildman–Crippen MR) is 159 cm³/mol. The van der Waals surface area contributed by atoms with E-state index in [1.54, 1.807) is 18.2 Å². The van der Waals surface area contributed by atoms with E-state index in [0.29, 0.717) is 11.1 Å². The summed E-state index contributed by atoms with van der Waals surface area (Å²) in [6.45, 7) is 0. The minimum atomic E-state index is -0.228. The maximum Gasteiger partial charge on any atom is 0.197 e. The molecule has 1 aliphatic carbocycles. The lowest BCUT2D eigenvalue weighted by Crippen LogP contribution is -2.09. The summed E-state index contributed by atoms with van der Waals surface area (Å²) in [5.74, 6) is -0.454. The van der Waals surface area contributed by atoms with E-state index >= 15 is 0 Å². The number of carbonyl (C=O) groups excluding carboxylic acids is 2. The number of ketones is 2. The average molecular weight is 504 g/mol. The molecule has 0 fully saturated rings. The van der Waals surface area contributed by atoms with Gasteiger partial charge < -0.3 is 4.90 Å². The summed E-state index contributed by atoms with van der Waals surface area (Å²) in [5.41, 5.74) is 7.22. The topological polar surface area (TPSA) is 37.4 Å². The number of anilines is 3. The molecule has 5 aromatic rings. The fourth-order valence-corrected chi connectivity index (χ4v) is 4.88. The third-order valence-electron chi connectivity index (χ3n) is 6.84. The predicted octanol–water partition coefficient (Wildman–Crippen LogP) is 8.84. The van der Waals surface area contributed by atoms with E-state index in [9.17, 15) is 9.59 Å². The summed E-state index contributed by atoms with van der Waals surface area (Å²) < 4.78 is 0. The second-order valence-corrected chi connectivity index (χ2v) is 9.32. The molecule has 5 aromatic carbocycles. The molecular formula is C36H25NO2. The summed E-state index contributed by atoms with van der Waals surface area (Å²) in [6, 6.07) is 44.0. The molecule has 186 valence electrons. The van der Waals surface area contributed by atoms with Crippen molar-refractivity contribution in [3.05, 3.63) is 168 Å². The lowest BCUT2D eigenvalue weighted by Gasteiger charge is -2.25. The number of benzene rings is 5. The molecule has 0 heterocycles. The van der Waals surface area contributed by atoms with E-state index in [2.05, 4.69) is 41.3 Å². The Morgan fingerprint density at radius 2 is 1.03 bits per heavy atom. The van der Waals surface area contributed by atoms with Crippen LogP contribution in [0, 0.1) is 0 Å². The van der Waals surface area contributed by atoms with Gasteiger partial charge in [-0.05, 0) is 71.3 Å². The Bertz CT molecular complexity index is 1660. The van der Waals surface area contributed by atoms with E-state index < -0.39 is 0 Å². The van der Waals surface area contributed by atoms with E-state index in [4.69, 9.17) is 0 Å². The quantitative estimate of drug-likeness (QED) is 0.172. The average Bonchev–Trinajstić information content (AvgIpc) is 3.24. The molecule has 1 aliphatic rings. The number of hydrogen-bond donors (Lipinski definition) is 0. The van der Waals surface area contributed by atoms with Gasteiger partial charge in [0.1, 0.15) is 0 Å². The molecule has 3 heteroatoms. The van der Waals surface area contributed by atoms with E-state index in [1.165, 1.54) is 0 Å². The second kappa shape index (κ2) is 10.6. The van der Waals surface area contributed by atoms with Crippen LogP contribution in [0.3, 0.4) is 0 Å². The van der Waals surface area contributed by atoms with Gasteiger partial charge in [0.25, 0.3) is 0 Å². The first-order chi connectivity index (χ1) is 19.2. The minimum Gasteiger partial charge on any atom is -0.311 e. The molecular weight excluding hydrogens is 478 g/mol. The molecule has 0 N–H and O–H groups in total. The molecule has 0 saturated carbocycles. The molecule has 0 aliphatic heterocycles. The van der Waals surface area contributed by atoms with Crippen molar-refractivity contribution in [2.45, 2.75) is 0 Å². The molecule has 3 nitrogen and oxygen atoms in total. The van der Waals surface area contributed by atoms with E-state index in [0.717, 1.165) is 33.8 Å². The third kappa shape index (κ3) is 4.86. The summed E-state index contributed by atoms with van der Waals surface area (Å²) in [6.07, 6.45) is 5.31. The Hall–Kier alpha value is -5.28. The van der Waals surface area contributed by atoms with Gasteiger partial charge in [0.05, 0.1) is 5.57 Å². The Morgan fingerprint density at radius 3 is 1.64 bits per heavy atom. The highest BCUT2D eigenvalue weighted by atomic mass is 16.2. The Labute approximate surface area is 228 Å². The molecule has 0 radical (unpaired) electrons. The second-order valence-electron chi connectivity index (χ2n) is 9.32. The SMILES string of the molecule is O=C1/C(=C/C=C/c2ccc(N(c3ccccc3)c3ccccc3)cc2)C(=O)c2cc(-c3ccccc3)ccc21. The van der Waals surface area contributed by atoms with Crippen molar-refractivity contribution in [1.29, 1.82) is 0 Å². The largest absolute Gasteiger partial charge is 0.311 e. The van der Waals surface area contributed by atoms with Crippen LogP contribution in [-0.4, -0.2) is 11.6 Å². The van der Waals surface area contributed by atoms with Crippen molar-refractivity contribution in [2.24, 2.45) is 0 Å². The van der Waals surface area contributed by atoms with Crippen molar-refractivity contribution < 1.29 is 9.59 Å². The zero-order valence-electron chi connectivity index (χ0n) is 21.2. The van der Waals surface area contributed by atoms with Crippen LogP contribution in [0.4, 0.5) is 17.1 Å². The van der Waals surface area contributed by atoms with Gasteiger partial charge in [0.15, 0.2) is 11.6 Å². The number of para-hydroxylation sites is 2. The number of rotatable bonds is 6. The molecule has 0 unspecified atom stereocenters. The fraction of sp³-hybridized carbons (Fsp3) is 0. The fourth-order valence-electron chi connectivity index (χ4n) is 4.88. The number of Topliss-reactive ketones (excluding diaryl/α,β-unsaturated/α-hetero) is 2. The van der Waals surface area contributed by atoms with Crippen molar-refractivity contribution >= 4 is 34.7 Å². The highest BCUT2D eigenvalue weighted by Crippen LogP contribution is 2.34. The number of fused-ring (bicyclic) bond motifs is 1. The Balaban J connectivity index is 1.23. The van der Waals surface area contributed by atoms with Crippen LogP contribution in [-0.2, 0) is 0 Å². The van der Waals surface area contributed by atoms with E-state index in [-0.39, 0.29) is 17.1 Å². The van der Waals surface area contributed by atoms with Crippen LogP contribution in [0.2, 0.25) is 0 Å². The zero-order valence-corrected chi connectivity index (χ0v) is 21.2. The van der Waals surface area contributed by atoms with Crippen LogP contribution in [0.1, 0.15) is 26.3 Å². The molecule has 0 spiro atoms. The van der Waals surface area contributed by atoms with Gasteiger partial charge in [-0.15, -0.1) is 0 Å². The Morgan fingerprint density at radius 1 is 0.487 bits per heavy atom. The van der Waals surface area contributed by atoms with Crippen molar-refractivity contribution in [1.82, 2.24) is 0 Å². The van der Waals surface area contributed by atoms with Gasteiger partial charge in [0, 0.05) is 28.2 Å². The van der Waals surface area contributed by atoms with Crippen molar-refractivity contribution in [2.75, 3.05) is 4.90 Å². The normalized spacial score (nSPS) is 13.7. The van der Waals surface area contributed by atoms with Gasteiger partial charge in [0.2, 0.25) is 0 Å². The lowest BCUT2D eigenvalue weighted by atomic mass is 10.0.